The molecule has 0 spiro atoms. The molecule has 4 heterocycles. The number of nitrogens with zero attached hydrogens (tertiary/aromatic N) is 6. The fourth-order valence-corrected chi connectivity index (χ4v) is 3.83. The quantitative estimate of drug-likeness (QED) is 0.546. The second kappa shape index (κ2) is 9.28. The predicted octanol–water partition coefficient (Wildman–Crippen LogP) is 0.959. The molecule has 0 radical (unpaired) electrons. The zero-order valence-corrected chi connectivity index (χ0v) is 17.4. The summed E-state index contributed by atoms with van der Waals surface area (Å²) < 4.78 is 11.6. The molecule has 30 heavy (non-hydrogen) atoms. The van der Waals surface area contributed by atoms with Crippen LogP contribution >= 0.6 is 11.3 Å². The Morgan fingerprint density at radius 3 is 2.80 bits per heavy atom. The van der Waals surface area contributed by atoms with Gasteiger partial charge in [0.25, 0.3) is 11.5 Å². The van der Waals surface area contributed by atoms with Crippen LogP contribution in [0.25, 0.3) is 11.4 Å². The molecular formula is C19H22N6O4S. The van der Waals surface area contributed by atoms with Crippen molar-refractivity contribution in [3.05, 3.63) is 50.9 Å². The number of rotatable bonds is 7. The summed E-state index contributed by atoms with van der Waals surface area (Å²) >= 11 is 1.59. The normalized spacial score (nSPS) is 14.9. The highest BCUT2D eigenvalue weighted by molar-refractivity contribution is 7.08. The van der Waals surface area contributed by atoms with Gasteiger partial charge in [-0.1, -0.05) is 5.16 Å². The van der Waals surface area contributed by atoms with Gasteiger partial charge in [0, 0.05) is 50.3 Å². The van der Waals surface area contributed by atoms with Crippen molar-refractivity contribution >= 4 is 17.2 Å². The van der Waals surface area contributed by atoms with Crippen molar-refractivity contribution in [2.24, 2.45) is 0 Å². The number of thiophene rings is 1. The van der Waals surface area contributed by atoms with Crippen LogP contribution in [0.4, 0.5) is 0 Å². The Hall–Kier alpha value is -2.89. The van der Waals surface area contributed by atoms with E-state index in [1.807, 2.05) is 16.8 Å². The minimum Gasteiger partial charge on any atom is -0.383 e. The van der Waals surface area contributed by atoms with Crippen LogP contribution in [0.2, 0.25) is 0 Å². The van der Waals surface area contributed by atoms with E-state index in [0.717, 1.165) is 5.56 Å². The van der Waals surface area contributed by atoms with Crippen LogP contribution in [0, 0.1) is 0 Å². The van der Waals surface area contributed by atoms with Crippen LogP contribution in [0.3, 0.4) is 0 Å². The molecule has 0 aliphatic carbocycles. The van der Waals surface area contributed by atoms with Gasteiger partial charge in [-0.05, 0) is 17.5 Å². The second-order valence-electron chi connectivity index (χ2n) is 6.86. The Kier molecular flexibility index (Phi) is 6.31. The maximum atomic E-state index is 12.8. The molecule has 1 amide bonds. The van der Waals surface area contributed by atoms with E-state index in [4.69, 9.17) is 9.26 Å². The van der Waals surface area contributed by atoms with Gasteiger partial charge in [-0.25, -0.2) is 4.68 Å². The van der Waals surface area contributed by atoms with E-state index < -0.39 is 0 Å². The van der Waals surface area contributed by atoms with E-state index in [9.17, 15) is 9.59 Å². The van der Waals surface area contributed by atoms with Gasteiger partial charge in [0.05, 0.1) is 19.7 Å². The number of carbonyl (C=O) groups excluding carboxylic acids is 1. The summed E-state index contributed by atoms with van der Waals surface area (Å²) in [6.07, 6.45) is 0. The topological polar surface area (TPSA) is 107 Å². The third-order valence-electron chi connectivity index (χ3n) is 4.86. The molecule has 0 unspecified atom stereocenters. The molecular weight excluding hydrogens is 408 g/mol. The number of amides is 1. The molecule has 0 N–H and O–H groups in total. The number of carbonyl (C=O) groups is 1. The van der Waals surface area contributed by atoms with Gasteiger partial charge in [-0.3, -0.25) is 14.5 Å². The first-order valence-corrected chi connectivity index (χ1v) is 10.5. The van der Waals surface area contributed by atoms with Gasteiger partial charge in [-0.15, -0.1) is 0 Å². The zero-order chi connectivity index (χ0) is 20.9. The minimum absolute atomic E-state index is 0.182. The highest BCUT2D eigenvalue weighted by Gasteiger charge is 2.24. The molecule has 10 nitrogen and oxygen atoms in total. The molecule has 158 valence electrons. The van der Waals surface area contributed by atoms with E-state index in [0.29, 0.717) is 57.6 Å². The van der Waals surface area contributed by atoms with Crippen molar-refractivity contribution in [1.29, 1.82) is 0 Å². The highest BCUT2D eigenvalue weighted by Crippen LogP contribution is 2.19. The van der Waals surface area contributed by atoms with Gasteiger partial charge in [0.2, 0.25) is 11.7 Å². The van der Waals surface area contributed by atoms with Crippen molar-refractivity contribution in [2.75, 3.05) is 39.9 Å². The third-order valence-corrected chi connectivity index (χ3v) is 5.54. The van der Waals surface area contributed by atoms with E-state index in [2.05, 4.69) is 20.1 Å². The second-order valence-corrected chi connectivity index (χ2v) is 7.64. The standard InChI is InChI=1S/C19H22N6O4S/c1-28-10-9-25-17(26)3-2-15(21-25)19(27)24-7-5-23(6-8-24)12-16-20-18(22-29-16)14-4-11-30-13-14/h2-4,11,13H,5-10,12H2,1H3. The molecule has 3 aromatic heterocycles. The van der Waals surface area contributed by atoms with Gasteiger partial charge in [-0.2, -0.15) is 21.4 Å². The number of methoxy groups -OCH3 is 1. The number of ether oxygens (including phenoxy) is 1. The maximum Gasteiger partial charge on any atom is 0.274 e. The minimum atomic E-state index is -0.255. The lowest BCUT2D eigenvalue weighted by Gasteiger charge is -2.33. The van der Waals surface area contributed by atoms with Crippen LogP contribution in [0.5, 0.6) is 0 Å². The summed E-state index contributed by atoms with van der Waals surface area (Å²) in [6.45, 7) is 3.69. The Balaban J connectivity index is 1.33. The van der Waals surface area contributed by atoms with Crippen LogP contribution < -0.4 is 5.56 Å². The average Bonchev–Trinajstić information content (AvgIpc) is 3.45. The molecule has 0 atom stereocenters. The molecule has 1 aliphatic rings. The van der Waals surface area contributed by atoms with Gasteiger partial charge >= 0.3 is 0 Å². The van der Waals surface area contributed by atoms with Crippen molar-refractivity contribution in [1.82, 2.24) is 29.7 Å². The van der Waals surface area contributed by atoms with Gasteiger partial charge in [0.1, 0.15) is 5.69 Å². The first kappa shape index (κ1) is 20.4. The fourth-order valence-electron chi connectivity index (χ4n) is 3.19. The van der Waals surface area contributed by atoms with Crippen LogP contribution in [0.1, 0.15) is 16.4 Å². The van der Waals surface area contributed by atoms with Crippen molar-refractivity contribution < 1.29 is 14.1 Å². The zero-order valence-electron chi connectivity index (χ0n) is 16.6. The first-order valence-electron chi connectivity index (χ1n) is 9.58. The predicted molar refractivity (Wildman–Crippen MR) is 109 cm³/mol. The molecule has 1 aliphatic heterocycles. The Labute approximate surface area is 176 Å². The summed E-state index contributed by atoms with van der Waals surface area (Å²) in [5.74, 6) is 0.968. The lowest BCUT2D eigenvalue weighted by molar-refractivity contribution is 0.0606. The van der Waals surface area contributed by atoms with E-state index in [1.165, 1.54) is 16.8 Å². The molecule has 0 saturated carbocycles. The van der Waals surface area contributed by atoms with E-state index in [-0.39, 0.29) is 17.2 Å². The molecule has 1 saturated heterocycles. The number of hydrogen-bond acceptors (Lipinski definition) is 9. The Morgan fingerprint density at radius 1 is 1.23 bits per heavy atom. The summed E-state index contributed by atoms with van der Waals surface area (Å²) in [5, 5.41) is 12.2. The lowest BCUT2D eigenvalue weighted by Crippen LogP contribution is -2.48. The van der Waals surface area contributed by atoms with Crippen molar-refractivity contribution in [3.8, 4) is 11.4 Å². The number of piperazine rings is 1. The molecule has 1 fully saturated rings. The monoisotopic (exact) mass is 430 g/mol. The highest BCUT2D eigenvalue weighted by atomic mass is 32.1. The molecule has 3 aromatic rings. The smallest absolute Gasteiger partial charge is 0.274 e. The summed E-state index contributed by atoms with van der Waals surface area (Å²) in [4.78, 5) is 33.0. The largest absolute Gasteiger partial charge is 0.383 e. The average molecular weight is 430 g/mol. The third kappa shape index (κ3) is 4.64. The SMILES string of the molecule is COCCn1nc(C(=O)N2CCN(Cc3nc(-c4ccsc4)no3)CC2)ccc1=O. The number of hydrogen-bond donors (Lipinski definition) is 0. The number of aromatic nitrogens is 4. The molecule has 4 rings (SSSR count). The molecule has 0 aromatic carbocycles. The fraction of sp³-hybridized carbons (Fsp3) is 0.421. The van der Waals surface area contributed by atoms with E-state index in [1.54, 1.807) is 23.3 Å². The summed E-state index contributed by atoms with van der Waals surface area (Å²) in [5.41, 5.74) is 0.955. The van der Waals surface area contributed by atoms with Crippen LogP contribution in [-0.4, -0.2) is 75.5 Å². The first-order chi connectivity index (χ1) is 14.6. The molecule has 11 heteroatoms. The van der Waals surface area contributed by atoms with Crippen LogP contribution in [-0.2, 0) is 17.8 Å². The van der Waals surface area contributed by atoms with Crippen LogP contribution in [0.15, 0.2) is 38.3 Å². The summed E-state index contributed by atoms with van der Waals surface area (Å²) in [6, 6.07) is 4.80. The van der Waals surface area contributed by atoms with Gasteiger partial charge in [0.15, 0.2) is 0 Å². The van der Waals surface area contributed by atoms with Crippen molar-refractivity contribution in [2.45, 2.75) is 13.1 Å². The Bertz CT molecular complexity index is 1040. The lowest BCUT2D eigenvalue weighted by atomic mass is 10.2. The van der Waals surface area contributed by atoms with E-state index >= 15 is 0 Å². The van der Waals surface area contributed by atoms with Crippen molar-refractivity contribution in [3.63, 3.8) is 0 Å². The molecule has 0 bridgehead atoms. The van der Waals surface area contributed by atoms with Gasteiger partial charge < -0.3 is 14.2 Å². The maximum absolute atomic E-state index is 12.8. The summed E-state index contributed by atoms with van der Waals surface area (Å²) in [7, 11) is 1.55. The Morgan fingerprint density at radius 2 is 2.07 bits per heavy atom.